The molecule has 1 rings (SSSR count). The molecule has 1 aliphatic carbocycles. The molecule has 84 valence electrons. The molecule has 0 aromatic heterocycles. The summed E-state index contributed by atoms with van der Waals surface area (Å²) in [6.45, 7) is 0. The third-order valence-electron chi connectivity index (χ3n) is 2.95. The normalized spacial score (nSPS) is 23.8. The Labute approximate surface area is 81.4 Å². The van der Waals surface area contributed by atoms with Crippen LogP contribution in [0.3, 0.4) is 0 Å². The zero-order valence-electron chi connectivity index (χ0n) is 8.36. The van der Waals surface area contributed by atoms with Gasteiger partial charge in [-0.05, 0) is 12.8 Å². The van der Waals surface area contributed by atoms with Crippen LogP contribution in [-0.2, 0) is 9.47 Å². The Bertz CT molecular complexity index is 177. The summed E-state index contributed by atoms with van der Waals surface area (Å²) in [6, 6.07) is 0. The van der Waals surface area contributed by atoms with E-state index in [4.69, 9.17) is 9.47 Å². The van der Waals surface area contributed by atoms with Crippen LogP contribution in [0.1, 0.15) is 25.7 Å². The predicted molar refractivity (Wildman–Crippen MR) is 44.8 cm³/mol. The maximum absolute atomic E-state index is 12.3. The van der Waals surface area contributed by atoms with Gasteiger partial charge in [-0.3, -0.25) is 0 Å². The van der Waals surface area contributed by atoms with Crippen molar-refractivity contribution in [1.82, 2.24) is 0 Å². The van der Waals surface area contributed by atoms with E-state index in [0.29, 0.717) is 12.8 Å². The molecule has 0 N–H and O–H groups in total. The van der Waals surface area contributed by atoms with Crippen LogP contribution in [0, 0.1) is 5.92 Å². The molecule has 0 spiro atoms. The highest BCUT2D eigenvalue weighted by Crippen LogP contribution is 2.42. The van der Waals surface area contributed by atoms with Crippen molar-refractivity contribution in [2.75, 3.05) is 14.2 Å². The Morgan fingerprint density at radius 1 is 1.07 bits per heavy atom. The summed E-state index contributed by atoms with van der Waals surface area (Å²) < 4.78 is 47.2. The summed E-state index contributed by atoms with van der Waals surface area (Å²) in [4.78, 5) is 0. The van der Waals surface area contributed by atoms with E-state index in [2.05, 4.69) is 0 Å². The van der Waals surface area contributed by atoms with Crippen molar-refractivity contribution < 1.29 is 22.6 Å². The maximum Gasteiger partial charge on any atom is 0.391 e. The molecule has 0 aromatic carbocycles. The van der Waals surface area contributed by atoms with E-state index >= 15 is 0 Å². The summed E-state index contributed by atoms with van der Waals surface area (Å²) in [5, 5.41) is 0. The van der Waals surface area contributed by atoms with Gasteiger partial charge in [-0.1, -0.05) is 0 Å². The second-order valence-corrected chi connectivity index (χ2v) is 3.63. The average molecular weight is 212 g/mol. The highest BCUT2D eigenvalue weighted by molar-refractivity contribution is 4.82. The fourth-order valence-corrected chi connectivity index (χ4v) is 1.88. The van der Waals surface area contributed by atoms with Crippen molar-refractivity contribution in [3.63, 3.8) is 0 Å². The van der Waals surface area contributed by atoms with Crippen molar-refractivity contribution in [1.29, 1.82) is 0 Å². The van der Waals surface area contributed by atoms with Gasteiger partial charge in [-0.2, -0.15) is 13.2 Å². The van der Waals surface area contributed by atoms with Gasteiger partial charge in [0.15, 0.2) is 5.79 Å². The maximum atomic E-state index is 12.3. The number of hydrogen-bond acceptors (Lipinski definition) is 2. The molecule has 0 unspecified atom stereocenters. The molecular formula is C9H15F3O2. The summed E-state index contributed by atoms with van der Waals surface area (Å²) >= 11 is 0. The minimum Gasteiger partial charge on any atom is -0.353 e. The lowest BCUT2D eigenvalue weighted by atomic mass is 9.84. The molecule has 1 fully saturated rings. The highest BCUT2D eigenvalue weighted by atomic mass is 19.4. The number of rotatable bonds is 2. The first-order chi connectivity index (χ1) is 6.43. The van der Waals surface area contributed by atoms with E-state index < -0.39 is 17.9 Å². The molecule has 0 heterocycles. The Kier molecular flexibility index (Phi) is 3.42. The van der Waals surface area contributed by atoms with E-state index in [-0.39, 0.29) is 12.8 Å². The van der Waals surface area contributed by atoms with E-state index in [1.54, 1.807) is 0 Å². The molecule has 0 bridgehead atoms. The van der Waals surface area contributed by atoms with Gasteiger partial charge < -0.3 is 9.47 Å². The van der Waals surface area contributed by atoms with Crippen molar-refractivity contribution in [3.05, 3.63) is 0 Å². The summed E-state index contributed by atoms with van der Waals surface area (Å²) in [7, 11) is 2.94. The first-order valence-electron chi connectivity index (χ1n) is 4.60. The molecule has 1 aliphatic rings. The van der Waals surface area contributed by atoms with E-state index in [0.717, 1.165) is 0 Å². The molecule has 0 aliphatic heterocycles. The van der Waals surface area contributed by atoms with Crippen molar-refractivity contribution >= 4 is 0 Å². The topological polar surface area (TPSA) is 18.5 Å². The zero-order valence-corrected chi connectivity index (χ0v) is 8.36. The van der Waals surface area contributed by atoms with Gasteiger partial charge in [0.2, 0.25) is 0 Å². The van der Waals surface area contributed by atoms with Gasteiger partial charge in [-0.15, -0.1) is 0 Å². The molecule has 5 heteroatoms. The molecule has 1 saturated carbocycles. The van der Waals surface area contributed by atoms with Gasteiger partial charge in [0, 0.05) is 27.1 Å². The molecule has 0 saturated heterocycles. The summed E-state index contributed by atoms with van der Waals surface area (Å²) in [5.74, 6) is -1.98. The minimum atomic E-state index is -4.08. The van der Waals surface area contributed by atoms with Crippen LogP contribution in [0.25, 0.3) is 0 Å². The number of hydrogen-bond donors (Lipinski definition) is 0. The molecular weight excluding hydrogens is 197 g/mol. The number of ether oxygens (including phenoxy) is 2. The Morgan fingerprint density at radius 3 is 1.79 bits per heavy atom. The summed E-state index contributed by atoms with van der Waals surface area (Å²) in [5.41, 5.74) is 0. The number of methoxy groups -OCH3 is 2. The first kappa shape index (κ1) is 11.8. The van der Waals surface area contributed by atoms with E-state index in [1.165, 1.54) is 14.2 Å². The number of alkyl halides is 3. The summed E-state index contributed by atoms with van der Waals surface area (Å²) in [6.07, 6.45) is -3.28. The smallest absolute Gasteiger partial charge is 0.353 e. The Hall–Kier alpha value is -0.290. The SMILES string of the molecule is COC1(OC)CCC(C(F)(F)F)CC1. The number of halogens is 3. The standard InChI is InChI=1S/C9H15F3O2/c1-13-8(14-2)5-3-7(4-6-8)9(10,11)12/h7H,3-6H2,1-2H3. The first-order valence-corrected chi connectivity index (χ1v) is 4.60. The van der Waals surface area contributed by atoms with Crippen LogP contribution < -0.4 is 0 Å². The third kappa shape index (κ3) is 2.39. The van der Waals surface area contributed by atoms with Crippen LogP contribution in [-0.4, -0.2) is 26.2 Å². The van der Waals surface area contributed by atoms with Gasteiger partial charge >= 0.3 is 6.18 Å². The van der Waals surface area contributed by atoms with Gasteiger partial charge in [0.25, 0.3) is 0 Å². The molecule has 0 aromatic rings. The lowest BCUT2D eigenvalue weighted by molar-refractivity contribution is -0.252. The second-order valence-electron chi connectivity index (χ2n) is 3.63. The largest absolute Gasteiger partial charge is 0.391 e. The van der Waals surface area contributed by atoms with Crippen LogP contribution >= 0.6 is 0 Å². The monoisotopic (exact) mass is 212 g/mol. The van der Waals surface area contributed by atoms with Crippen LogP contribution in [0.5, 0.6) is 0 Å². The minimum absolute atomic E-state index is 0.0885. The van der Waals surface area contributed by atoms with Gasteiger partial charge in [0.1, 0.15) is 0 Å². The van der Waals surface area contributed by atoms with Crippen LogP contribution in [0.2, 0.25) is 0 Å². The van der Waals surface area contributed by atoms with Crippen molar-refractivity contribution in [2.45, 2.75) is 37.6 Å². The quantitative estimate of drug-likeness (QED) is 0.655. The molecule has 0 radical (unpaired) electrons. The van der Waals surface area contributed by atoms with Crippen molar-refractivity contribution in [2.24, 2.45) is 5.92 Å². The third-order valence-corrected chi connectivity index (χ3v) is 2.95. The zero-order chi connectivity index (χ0) is 10.8. The lowest BCUT2D eigenvalue weighted by Gasteiger charge is -2.38. The Balaban J connectivity index is 2.53. The lowest BCUT2D eigenvalue weighted by Crippen LogP contribution is -2.41. The predicted octanol–water partition coefficient (Wildman–Crippen LogP) is 2.73. The molecule has 0 amide bonds. The fourth-order valence-electron chi connectivity index (χ4n) is 1.88. The van der Waals surface area contributed by atoms with Gasteiger partial charge in [-0.25, -0.2) is 0 Å². The second kappa shape index (κ2) is 4.06. The van der Waals surface area contributed by atoms with E-state index in [1.807, 2.05) is 0 Å². The molecule has 0 atom stereocenters. The molecule has 14 heavy (non-hydrogen) atoms. The Morgan fingerprint density at radius 2 is 1.50 bits per heavy atom. The van der Waals surface area contributed by atoms with Gasteiger partial charge in [0.05, 0.1) is 5.92 Å². The van der Waals surface area contributed by atoms with Crippen LogP contribution in [0.4, 0.5) is 13.2 Å². The average Bonchev–Trinajstić information content (AvgIpc) is 2.16. The van der Waals surface area contributed by atoms with E-state index in [9.17, 15) is 13.2 Å². The van der Waals surface area contributed by atoms with Crippen LogP contribution in [0.15, 0.2) is 0 Å². The fraction of sp³-hybridized carbons (Fsp3) is 1.00. The highest BCUT2D eigenvalue weighted by Gasteiger charge is 2.46. The molecule has 2 nitrogen and oxygen atoms in total. The van der Waals surface area contributed by atoms with Crippen molar-refractivity contribution in [3.8, 4) is 0 Å².